The minimum Gasteiger partial charge on any atom is -0.481 e. The SMILES string of the molecule is O=C(O)Cc1ccc(NC(=O)C[C@H](CCl)S(=O)(=O)CCCl)cc1. The zero-order valence-corrected chi connectivity index (χ0v) is 14.5. The Bertz CT molecular complexity index is 646. The number of aliphatic carboxylic acids is 1. The Morgan fingerprint density at radius 2 is 1.78 bits per heavy atom. The molecule has 0 spiro atoms. The van der Waals surface area contributed by atoms with Crippen LogP contribution in [0.1, 0.15) is 12.0 Å². The molecule has 23 heavy (non-hydrogen) atoms. The van der Waals surface area contributed by atoms with E-state index in [0.29, 0.717) is 11.3 Å². The Hall–Kier alpha value is -1.31. The van der Waals surface area contributed by atoms with Crippen LogP contribution in [0, 0.1) is 0 Å². The van der Waals surface area contributed by atoms with E-state index >= 15 is 0 Å². The largest absolute Gasteiger partial charge is 0.481 e. The fourth-order valence-electron chi connectivity index (χ4n) is 1.85. The van der Waals surface area contributed by atoms with Gasteiger partial charge in [0, 0.05) is 23.9 Å². The van der Waals surface area contributed by atoms with E-state index < -0.39 is 27.0 Å². The molecule has 0 saturated heterocycles. The summed E-state index contributed by atoms with van der Waals surface area (Å²) in [7, 11) is -3.52. The fourth-order valence-corrected chi connectivity index (χ4v) is 4.33. The van der Waals surface area contributed by atoms with Gasteiger partial charge in [0.1, 0.15) is 0 Å². The van der Waals surface area contributed by atoms with Gasteiger partial charge >= 0.3 is 5.97 Å². The van der Waals surface area contributed by atoms with Crippen molar-refractivity contribution in [3.63, 3.8) is 0 Å². The van der Waals surface area contributed by atoms with Gasteiger partial charge in [0.05, 0.1) is 17.4 Å². The van der Waals surface area contributed by atoms with E-state index in [1.54, 1.807) is 24.3 Å². The number of carboxylic acids is 1. The molecule has 0 saturated carbocycles. The number of alkyl halides is 2. The van der Waals surface area contributed by atoms with Crippen molar-refractivity contribution in [2.24, 2.45) is 0 Å². The van der Waals surface area contributed by atoms with E-state index in [9.17, 15) is 18.0 Å². The Morgan fingerprint density at radius 3 is 2.26 bits per heavy atom. The first-order valence-electron chi connectivity index (χ1n) is 6.72. The molecule has 0 radical (unpaired) electrons. The van der Waals surface area contributed by atoms with Gasteiger partial charge in [-0.25, -0.2) is 8.42 Å². The zero-order chi connectivity index (χ0) is 17.5. The predicted molar refractivity (Wildman–Crippen MR) is 90.0 cm³/mol. The van der Waals surface area contributed by atoms with Crippen molar-refractivity contribution in [3.8, 4) is 0 Å². The molecule has 1 rings (SSSR count). The number of halogens is 2. The van der Waals surface area contributed by atoms with Crippen molar-refractivity contribution in [1.29, 1.82) is 0 Å². The molecule has 0 aliphatic heterocycles. The molecule has 0 heterocycles. The maximum absolute atomic E-state index is 11.9. The minimum absolute atomic E-state index is 0.0532. The molecule has 6 nitrogen and oxygen atoms in total. The van der Waals surface area contributed by atoms with Crippen molar-refractivity contribution in [1.82, 2.24) is 0 Å². The van der Waals surface area contributed by atoms with E-state index in [0.717, 1.165) is 0 Å². The third-order valence-corrected chi connectivity index (χ3v) is 6.14. The molecule has 128 valence electrons. The summed E-state index contributed by atoms with van der Waals surface area (Å²) >= 11 is 11.1. The van der Waals surface area contributed by atoms with Crippen LogP contribution in [-0.2, 0) is 25.8 Å². The van der Waals surface area contributed by atoms with Crippen LogP contribution in [0.2, 0.25) is 0 Å². The first-order chi connectivity index (χ1) is 10.8. The van der Waals surface area contributed by atoms with Crippen LogP contribution in [0.25, 0.3) is 0 Å². The third kappa shape index (κ3) is 6.76. The standard InChI is InChI=1S/C14H17Cl2NO5S/c15-5-6-23(21,22)12(9-16)8-13(18)17-11-3-1-10(2-4-11)7-14(19)20/h1-4,12H,5-9H2,(H,17,18)(H,19,20)/t12-/m1/s1. The Morgan fingerprint density at radius 1 is 1.17 bits per heavy atom. The van der Waals surface area contributed by atoms with Crippen LogP contribution in [-0.4, -0.2) is 48.2 Å². The monoisotopic (exact) mass is 381 g/mol. The van der Waals surface area contributed by atoms with Crippen LogP contribution >= 0.6 is 23.2 Å². The summed E-state index contributed by atoms with van der Waals surface area (Å²) in [6.07, 6.45) is -0.376. The van der Waals surface area contributed by atoms with Gasteiger partial charge in [-0.15, -0.1) is 23.2 Å². The Kier molecular flexibility index (Phi) is 7.81. The molecule has 0 aromatic heterocycles. The summed E-state index contributed by atoms with van der Waals surface area (Å²) in [4.78, 5) is 22.5. The number of nitrogens with one attached hydrogen (secondary N) is 1. The predicted octanol–water partition coefficient (Wildman–Crippen LogP) is 1.90. The van der Waals surface area contributed by atoms with Crippen LogP contribution < -0.4 is 5.32 Å². The summed E-state index contributed by atoms with van der Waals surface area (Å²) in [6, 6.07) is 6.26. The number of sulfone groups is 1. The van der Waals surface area contributed by atoms with E-state index in [-0.39, 0.29) is 30.4 Å². The lowest BCUT2D eigenvalue weighted by Crippen LogP contribution is -2.31. The first-order valence-corrected chi connectivity index (χ1v) is 9.51. The summed E-state index contributed by atoms with van der Waals surface area (Å²) in [5.41, 5.74) is 1.05. The highest BCUT2D eigenvalue weighted by atomic mass is 35.5. The van der Waals surface area contributed by atoms with Crippen molar-refractivity contribution in [3.05, 3.63) is 29.8 Å². The highest BCUT2D eigenvalue weighted by Crippen LogP contribution is 2.14. The lowest BCUT2D eigenvalue weighted by Gasteiger charge is -2.14. The summed E-state index contributed by atoms with van der Waals surface area (Å²) in [5.74, 6) is -1.91. The molecule has 2 N–H and O–H groups in total. The van der Waals surface area contributed by atoms with Gasteiger partial charge in [-0.05, 0) is 17.7 Å². The molecule has 0 aliphatic rings. The third-order valence-electron chi connectivity index (χ3n) is 3.05. The molecule has 0 unspecified atom stereocenters. The number of benzene rings is 1. The van der Waals surface area contributed by atoms with Crippen molar-refractivity contribution < 1.29 is 23.1 Å². The van der Waals surface area contributed by atoms with Gasteiger partial charge in [-0.1, -0.05) is 12.1 Å². The van der Waals surface area contributed by atoms with Gasteiger partial charge in [-0.3, -0.25) is 9.59 Å². The molecule has 0 aliphatic carbocycles. The van der Waals surface area contributed by atoms with Gasteiger partial charge in [-0.2, -0.15) is 0 Å². The smallest absolute Gasteiger partial charge is 0.307 e. The Balaban J connectivity index is 2.66. The fraction of sp³-hybridized carbons (Fsp3) is 0.429. The van der Waals surface area contributed by atoms with Crippen molar-refractivity contribution in [2.45, 2.75) is 18.1 Å². The Labute approximate surface area is 144 Å². The number of carbonyl (C=O) groups is 2. The average Bonchev–Trinajstić information content (AvgIpc) is 2.46. The number of hydrogen-bond donors (Lipinski definition) is 2. The van der Waals surface area contributed by atoms with Crippen LogP contribution in [0.5, 0.6) is 0 Å². The molecule has 9 heteroatoms. The molecular formula is C14H17Cl2NO5S. The highest BCUT2D eigenvalue weighted by molar-refractivity contribution is 7.92. The van der Waals surface area contributed by atoms with E-state index in [1.807, 2.05) is 0 Å². The van der Waals surface area contributed by atoms with Crippen LogP contribution in [0.15, 0.2) is 24.3 Å². The molecule has 1 atom stereocenters. The molecule has 1 amide bonds. The molecule has 0 fully saturated rings. The van der Waals surface area contributed by atoms with Gasteiger partial charge in [0.2, 0.25) is 5.91 Å². The van der Waals surface area contributed by atoms with Gasteiger partial charge in [0.25, 0.3) is 0 Å². The number of carbonyl (C=O) groups excluding carboxylic acids is 1. The normalized spacial score (nSPS) is 12.6. The zero-order valence-electron chi connectivity index (χ0n) is 12.2. The average molecular weight is 382 g/mol. The number of carboxylic acid groups (broad SMARTS) is 1. The lowest BCUT2D eigenvalue weighted by molar-refractivity contribution is -0.136. The van der Waals surface area contributed by atoms with Crippen molar-refractivity contribution >= 4 is 50.6 Å². The number of amides is 1. The van der Waals surface area contributed by atoms with Gasteiger partial charge < -0.3 is 10.4 Å². The summed E-state index contributed by atoms with van der Waals surface area (Å²) in [5, 5.41) is 10.2. The highest BCUT2D eigenvalue weighted by Gasteiger charge is 2.26. The van der Waals surface area contributed by atoms with E-state index in [2.05, 4.69) is 5.32 Å². The van der Waals surface area contributed by atoms with E-state index in [4.69, 9.17) is 28.3 Å². The second kappa shape index (κ2) is 9.10. The topological polar surface area (TPSA) is 101 Å². The van der Waals surface area contributed by atoms with Crippen molar-refractivity contribution in [2.75, 3.05) is 22.8 Å². The maximum Gasteiger partial charge on any atom is 0.307 e. The number of anilines is 1. The number of hydrogen-bond acceptors (Lipinski definition) is 4. The molecule has 1 aromatic rings. The summed E-state index contributed by atoms with van der Waals surface area (Å²) < 4.78 is 23.8. The molecule has 0 bridgehead atoms. The second-order valence-electron chi connectivity index (χ2n) is 4.85. The van der Waals surface area contributed by atoms with Crippen LogP contribution in [0.4, 0.5) is 5.69 Å². The first kappa shape index (κ1) is 19.7. The van der Waals surface area contributed by atoms with Gasteiger partial charge in [0.15, 0.2) is 9.84 Å². The maximum atomic E-state index is 11.9. The van der Waals surface area contributed by atoms with Crippen LogP contribution in [0.3, 0.4) is 0 Å². The second-order valence-corrected chi connectivity index (χ2v) is 7.94. The molecule has 1 aromatic carbocycles. The molecular weight excluding hydrogens is 365 g/mol. The lowest BCUT2D eigenvalue weighted by atomic mass is 10.1. The number of rotatable bonds is 9. The summed E-state index contributed by atoms with van der Waals surface area (Å²) in [6.45, 7) is 0. The minimum atomic E-state index is -3.52. The van der Waals surface area contributed by atoms with E-state index in [1.165, 1.54) is 0 Å². The quantitative estimate of drug-likeness (QED) is 0.636.